The molecule has 0 bridgehead atoms. The fourth-order valence-electron chi connectivity index (χ4n) is 4.29. The van der Waals surface area contributed by atoms with Crippen LogP contribution in [-0.4, -0.2) is 44.1 Å². The van der Waals surface area contributed by atoms with Crippen molar-refractivity contribution in [1.29, 1.82) is 0 Å². The summed E-state index contributed by atoms with van der Waals surface area (Å²) < 4.78 is 3.70. The zero-order chi connectivity index (χ0) is 17.9. The monoisotopic (exact) mass is 355 g/mol. The molecular weight excluding hydrogens is 326 g/mol. The predicted molar refractivity (Wildman–Crippen MR) is 101 cm³/mol. The summed E-state index contributed by atoms with van der Waals surface area (Å²) in [6.07, 6.45) is 9.66. The second kappa shape index (κ2) is 7.74. The number of hydrogen-bond acceptors (Lipinski definition) is 4. The number of aromatic nitrogens is 4. The van der Waals surface area contributed by atoms with Crippen molar-refractivity contribution in [2.45, 2.75) is 51.5 Å². The highest BCUT2D eigenvalue weighted by molar-refractivity contribution is 5.20. The first kappa shape index (κ1) is 17.5. The van der Waals surface area contributed by atoms with Gasteiger partial charge in [0.2, 0.25) is 0 Å². The molecule has 0 N–H and O–H groups in total. The zero-order valence-corrected chi connectivity index (χ0v) is 15.7. The average Bonchev–Trinajstić information content (AvgIpc) is 3.07. The minimum atomic E-state index is 0.0873. The fourth-order valence-corrected chi connectivity index (χ4v) is 4.29. The van der Waals surface area contributed by atoms with Crippen LogP contribution in [-0.2, 0) is 32.9 Å². The summed E-state index contributed by atoms with van der Waals surface area (Å²) in [7, 11) is 2.00. The third-order valence-corrected chi connectivity index (χ3v) is 6.02. The maximum Gasteiger partial charge on any atom is 0.267 e. The number of fused-ring (bicyclic) bond motifs is 1. The number of piperidine rings is 1. The highest BCUT2D eigenvalue weighted by Crippen LogP contribution is 2.20. The molecule has 3 heterocycles. The van der Waals surface area contributed by atoms with Crippen LogP contribution in [0.3, 0.4) is 0 Å². The Morgan fingerprint density at radius 2 is 2.00 bits per heavy atom. The van der Waals surface area contributed by atoms with Crippen molar-refractivity contribution in [2.75, 3.05) is 19.6 Å². The first-order chi connectivity index (χ1) is 12.7. The van der Waals surface area contributed by atoms with Gasteiger partial charge in [-0.1, -0.05) is 0 Å². The van der Waals surface area contributed by atoms with Gasteiger partial charge in [-0.25, -0.2) is 4.68 Å². The summed E-state index contributed by atoms with van der Waals surface area (Å²) in [4.78, 5) is 14.9. The molecule has 140 valence electrons. The van der Waals surface area contributed by atoms with Crippen LogP contribution in [0.1, 0.15) is 42.6 Å². The summed E-state index contributed by atoms with van der Waals surface area (Å²) in [6, 6.07) is 3.94. The minimum absolute atomic E-state index is 0.0873. The van der Waals surface area contributed by atoms with E-state index in [2.05, 4.69) is 21.2 Å². The molecule has 6 nitrogen and oxygen atoms in total. The van der Waals surface area contributed by atoms with Gasteiger partial charge in [0.05, 0.1) is 5.69 Å². The van der Waals surface area contributed by atoms with E-state index in [4.69, 9.17) is 0 Å². The van der Waals surface area contributed by atoms with E-state index in [0.717, 1.165) is 64.0 Å². The molecule has 0 saturated carbocycles. The zero-order valence-electron chi connectivity index (χ0n) is 15.7. The van der Waals surface area contributed by atoms with Crippen molar-refractivity contribution < 1.29 is 0 Å². The number of nitrogens with zero attached hydrogens (tertiary/aromatic N) is 5. The third-order valence-electron chi connectivity index (χ3n) is 6.02. The summed E-state index contributed by atoms with van der Waals surface area (Å²) in [5.41, 5.74) is 3.72. The van der Waals surface area contributed by atoms with Crippen molar-refractivity contribution in [3.8, 4) is 0 Å². The van der Waals surface area contributed by atoms with Crippen molar-refractivity contribution in [2.24, 2.45) is 13.0 Å². The van der Waals surface area contributed by atoms with Crippen molar-refractivity contribution >= 4 is 0 Å². The Morgan fingerprint density at radius 1 is 1.19 bits per heavy atom. The predicted octanol–water partition coefficient (Wildman–Crippen LogP) is 1.81. The van der Waals surface area contributed by atoms with E-state index in [1.54, 1.807) is 4.68 Å². The van der Waals surface area contributed by atoms with Gasteiger partial charge < -0.3 is 4.90 Å². The first-order valence-electron chi connectivity index (χ1n) is 9.98. The molecule has 2 aromatic rings. The lowest BCUT2D eigenvalue weighted by atomic mass is 9.95. The standard InChI is InChI=1S/C20H29N5O/c1-23-18(6-10-21-23)9-13-24-11-7-16(8-12-24)15-25-20(26)14-17-4-2-3-5-19(17)22-25/h6,10,14,16H,2-5,7-9,11-13,15H2,1H3. The van der Waals surface area contributed by atoms with Gasteiger partial charge in [-0.15, -0.1) is 0 Å². The molecular formula is C20H29N5O. The van der Waals surface area contributed by atoms with E-state index in [1.165, 1.54) is 24.1 Å². The van der Waals surface area contributed by atoms with Crippen LogP contribution in [0.5, 0.6) is 0 Å². The Kier molecular flexibility index (Phi) is 5.20. The largest absolute Gasteiger partial charge is 0.303 e. The van der Waals surface area contributed by atoms with Crippen LogP contribution in [0.2, 0.25) is 0 Å². The fraction of sp³-hybridized carbons (Fsp3) is 0.650. The maximum absolute atomic E-state index is 12.4. The second-order valence-electron chi connectivity index (χ2n) is 7.82. The van der Waals surface area contributed by atoms with E-state index in [1.807, 2.05) is 24.0 Å². The Morgan fingerprint density at radius 3 is 2.77 bits per heavy atom. The molecule has 2 aromatic heterocycles. The van der Waals surface area contributed by atoms with Crippen LogP contribution in [0.15, 0.2) is 23.1 Å². The molecule has 1 saturated heterocycles. The van der Waals surface area contributed by atoms with Crippen LogP contribution in [0.4, 0.5) is 0 Å². The molecule has 4 rings (SSSR count). The summed E-state index contributed by atoms with van der Waals surface area (Å²) in [5.74, 6) is 0.565. The number of rotatable bonds is 5. The molecule has 6 heteroatoms. The van der Waals surface area contributed by atoms with Crippen molar-refractivity contribution in [1.82, 2.24) is 24.5 Å². The van der Waals surface area contributed by atoms with Gasteiger partial charge in [0.15, 0.2) is 0 Å². The molecule has 0 spiro atoms. The number of hydrogen-bond donors (Lipinski definition) is 0. The Hall–Kier alpha value is -1.95. The molecule has 0 amide bonds. The van der Waals surface area contributed by atoms with E-state index in [0.29, 0.717) is 5.92 Å². The Bertz CT molecular complexity index is 801. The van der Waals surface area contributed by atoms with E-state index in [9.17, 15) is 4.79 Å². The molecule has 0 atom stereocenters. The van der Waals surface area contributed by atoms with Gasteiger partial charge >= 0.3 is 0 Å². The molecule has 0 unspecified atom stereocenters. The second-order valence-corrected chi connectivity index (χ2v) is 7.82. The molecule has 0 aromatic carbocycles. The van der Waals surface area contributed by atoms with Crippen LogP contribution >= 0.6 is 0 Å². The molecule has 1 aliphatic carbocycles. The highest BCUT2D eigenvalue weighted by Gasteiger charge is 2.21. The van der Waals surface area contributed by atoms with Gasteiger partial charge in [-0.2, -0.15) is 10.2 Å². The van der Waals surface area contributed by atoms with Crippen molar-refractivity contribution in [3.05, 3.63) is 45.6 Å². The van der Waals surface area contributed by atoms with E-state index < -0.39 is 0 Å². The lowest BCUT2D eigenvalue weighted by molar-refractivity contribution is 0.170. The van der Waals surface area contributed by atoms with Gasteiger partial charge in [-0.3, -0.25) is 9.48 Å². The Labute approximate surface area is 154 Å². The third kappa shape index (κ3) is 3.90. The van der Waals surface area contributed by atoms with Gasteiger partial charge in [0.25, 0.3) is 5.56 Å². The maximum atomic E-state index is 12.4. The van der Waals surface area contributed by atoms with E-state index >= 15 is 0 Å². The average molecular weight is 355 g/mol. The van der Waals surface area contributed by atoms with Crippen molar-refractivity contribution in [3.63, 3.8) is 0 Å². The lowest BCUT2D eigenvalue weighted by Gasteiger charge is -2.32. The summed E-state index contributed by atoms with van der Waals surface area (Å²) in [5, 5.41) is 8.92. The molecule has 2 aliphatic rings. The van der Waals surface area contributed by atoms with Gasteiger partial charge in [-0.05, 0) is 69.2 Å². The van der Waals surface area contributed by atoms with E-state index in [-0.39, 0.29) is 5.56 Å². The molecule has 1 aliphatic heterocycles. The molecule has 0 radical (unpaired) electrons. The number of aryl methyl sites for hydroxylation is 3. The topological polar surface area (TPSA) is 56.0 Å². The summed E-state index contributed by atoms with van der Waals surface area (Å²) in [6.45, 7) is 4.09. The van der Waals surface area contributed by atoms with Crippen LogP contribution in [0.25, 0.3) is 0 Å². The minimum Gasteiger partial charge on any atom is -0.303 e. The number of likely N-dealkylation sites (tertiary alicyclic amines) is 1. The first-order valence-corrected chi connectivity index (χ1v) is 9.98. The van der Waals surface area contributed by atoms with Gasteiger partial charge in [0.1, 0.15) is 0 Å². The molecule has 1 fully saturated rings. The van der Waals surface area contributed by atoms with Crippen LogP contribution in [0, 0.1) is 5.92 Å². The Balaban J connectivity index is 1.30. The normalized spacial score (nSPS) is 18.8. The highest BCUT2D eigenvalue weighted by atomic mass is 16.1. The lowest BCUT2D eigenvalue weighted by Crippen LogP contribution is -2.38. The smallest absolute Gasteiger partial charge is 0.267 e. The van der Waals surface area contributed by atoms with Gasteiger partial charge in [0, 0.05) is 44.5 Å². The SMILES string of the molecule is Cn1nccc1CCN1CCC(Cn2nc3c(cc2=O)CCCC3)CC1. The van der Waals surface area contributed by atoms with Crippen LogP contribution < -0.4 is 5.56 Å². The quantitative estimate of drug-likeness (QED) is 0.821. The molecule has 26 heavy (non-hydrogen) atoms. The summed E-state index contributed by atoms with van der Waals surface area (Å²) >= 11 is 0.